The van der Waals surface area contributed by atoms with E-state index in [-0.39, 0.29) is 31.1 Å². The average Bonchev–Trinajstić information content (AvgIpc) is 3.37. The Kier molecular flexibility index (Phi) is 59.6. The van der Waals surface area contributed by atoms with Crippen LogP contribution in [0, 0.1) is 0 Å². The topological polar surface area (TPSA) is 78.9 Å². The number of esters is 3. The molecule has 0 N–H and O–H groups in total. The quantitative estimate of drug-likeness (QED) is 0.0343. The Labute approximate surface area is 444 Å². The van der Waals surface area contributed by atoms with Crippen LogP contribution in [0.4, 0.5) is 0 Å². The molecule has 0 bridgehead atoms. The molecule has 0 aromatic heterocycles. The highest BCUT2D eigenvalue weighted by Gasteiger charge is 2.19. The molecule has 0 amide bonds. The molecule has 0 saturated carbocycles. The summed E-state index contributed by atoms with van der Waals surface area (Å²) in [5.41, 5.74) is 0. The van der Waals surface area contributed by atoms with Crippen molar-refractivity contribution >= 4 is 17.9 Å². The van der Waals surface area contributed by atoms with Crippen molar-refractivity contribution in [2.45, 2.75) is 386 Å². The molecule has 422 valence electrons. The predicted octanol–water partition coefficient (Wildman–Crippen LogP) is 21.9. The lowest BCUT2D eigenvalue weighted by Crippen LogP contribution is -2.30. The average molecular weight is 1000 g/mol. The van der Waals surface area contributed by atoms with E-state index in [1.165, 1.54) is 283 Å². The van der Waals surface area contributed by atoms with Gasteiger partial charge in [0.2, 0.25) is 0 Å². The molecule has 0 aromatic rings. The van der Waals surface area contributed by atoms with Gasteiger partial charge in [-0.1, -0.05) is 342 Å². The van der Waals surface area contributed by atoms with E-state index >= 15 is 0 Å². The summed E-state index contributed by atoms with van der Waals surface area (Å²) in [6.07, 6.45) is 70.0. The molecule has 0 fully saturated rings. The minimum atomic E-state index is -0.761. The second kappa shape index (κ2) is 61.0. The maximum absolute atomic E-state index is 12.8. The van der Waals surface area contributed by atoms with E-state index in [1.807, 2.05) is 0 Å². The Morgan fingerprint density at radius 1 is 0.225 bits per heavy atom. The van der Waals surface area contributed by atoms with E-state index in [9.17, 15) is 14.4 Å². The smallest absolute Gasteiger partial charge is 0.306 e. The highest BCUT2D eigenvalue weighted by atomic mass is 16.6. The first-order valence-corrected chi connectivity index (χ1v) is 32.5. The highest BCUT2D eigenvalue weighted by Crippen LogP contribution is 2.19. The van der Waals surface area contributed by atoms with Crippen molar-refractivity contribution < 1.29 is 28.6 Å². The first kappa shape index (κ1) is 69.4. The molecule has 6 nitrogen and oxygen atoms in total. The van der Waals surface area contributed by atoms with Crippen LogP contribution in [-0.4, -0.2) is 37.2 Å². The number of carbonyl (C=O) groups is 3. The van der Waals surface area contributed by atoms with Crippen LogP contribution in [0.1, 0.15) is 380 Å². The van der Waals surface area contributed by atoms with Gasteiger partial charge in [-0.25, -0.2) is 0 Å². The van der Waals surface area contributed by atoms with Crippen LogP contribution < -0.4 is 0 Å². The fraction of sp³-hybridized carbons (Fsp3) is 0.954. The SMILES string of the molecule is CCCCCCCCCCCCCCCCCCCCCCCCCCCCCCCCC(=O)OCC(COC(=O)CCCCCCCCCCC)OC(=O)CCCCCCCCCCCCCCCC. The summed E-state index contributed by atoms with van der Waals surface area (Å²) in [4.78, 5) is 38.1. The monoisotopic (exact) mass is 1000 g/mol. The molecule has 0 radical (unpaired) electrons. The molecule has 1 atom stereocenters. The lowest BCUT2D eigenvalue weighted by Gasteiger charge is -2.18. The van der Waals surface area contributed by atoms with Gasteiger partial charge in [-0.05, 0) is 19.3 Å². The summed E-state index contributed by atoms with van der Waals surface area (Å²) in [5.74, 6) is -0.834. The van der Waals surface area contributed by atoms with Gasteiger partial charge in [0.15, 0.2) is 6.10 Å². The fourth-order valence-corrected chi connectivity index (χ4v) is 10.2. The van der Waals surface area contributed by atoms with Crippen LogP contribution >= 0.6 is 0 Å². The molecule has 0 aliphatic rings. The van der Waals surface area contributed by atoms with E-state index in [2.05, 4.69) is 20.8 Å². The largest absolute Gasteiger partial charge is 0.462 e. The van der Waals surface area contributed by atoms with Crippen molar-refractivity contribution in [1.82, 2.24) is 0 Å². The van der Waals surface area contributed by atoms with Crippen molar-refractivity contribution in [3.8, 4) is 0 Å². The normalized spacial score (nSPS) is 11.9. The number of unbranched alkanes of at least 4 members (excludes halogenated alkanes) is 50. The number of ether oxygens (including phenoxy) is 3. The predicted molar refractivity (Wildman–Crippen MR) is 307 cm³/mol. The van der Waals surface area contributed by atoms with Crippen LogP contribution in [-0.2, 0) is 28.6 Å². The van der Waals surface area contributed by atoms with Crippen molar-refractivity contribution in [2.24, 2.45) is 0 Å². The van der Waals surface area contributed by atoms with Gasteiger partial charge >= 0.3 is 17.9 Å². The van der Waals surface area contributed by atoms with Crippen LogP contribution in [0.5, 0.6) is 0 Å². The van der Waals surface area contributed by atoms with E-state index in [4.69, 9.17) is 14.2 Å². The third kappa shape index (κ3) is 59.2. The number of hydrogen-bond donors (Lipinski definition) is 0. The van der Waals surface area contributed by atoms with Crippen molar-refractivity contribution in [3.05, 3.63) is 0 Å². The lowest BCUT2D eigenvalue weighted by atomic mass is 10.0. The Morgan fingerprint density at radius 3 is 0.563 bits per heavy atom. The standard InChI is InChI=1S/C65H126O6/c1-4-7-10-13-16-19-21-23-25-26-27-28-29-30-31-32-33-34-35-36-37-38-39-40-42-43-46-49-52-55-58-64(67)70-61-62(60-69-63(66)57-54-51-48-45-18-15-12-9-6-3)71-65(68)59-56-53-50-47-44-41-24-22-20-17-14-11-8-5-2/h62H,4-61H2,1-3H3. The molecule has 6 heteroatoms. The van der Waals surface area contributed by atoms with Gasteiger partial charge in [-0.15, -0.1) is 0 Å². The molecule has 0 aromatic carbocycles. The van der Waals surface area contributed by atoms with Crippen molar-refractivity contribution in [2.75, 3.05) is 13.2 Å². The summed E-state index contributed by atoms with van der Waals surface area (Å²) >= 11 is 0. The molecular weight excluding hydrogens is 877 g/mol. The van der Waals surface area contributed by atoms with E-state index in [0.29, 0.717) is 19.3 Å². The van der Waals surface area contributed by atoms with E-state index < -0.39 is 6.10 Å². The zero-order valence-electron chi connectivity index (χ0n) is 48.5. The first-order valence-electron chi connectivity index (χ1n) is 32.5. The Morgan fingerprint density at radius 2 is 0.380 bits per heavy atom. The molecule has 0 aliphatic heterocycles. The minimum Gasteiger partial charge on any atom is -0.462 e. The minimum absolute atomic E-state index is 0.0613. The van der Waals surface area contributed by atoms with Gasteiger partial charge in [0, 0.05) is 19.3 Å². The molecule has 0 spiro atoms. The number of rotatable bonds is 61. The van der Waals surface area contributed by atoms with Gasteiger partial charge in [-0.2, -0.15) is 0 Å². The lowest BCUT2D eigenvalue weighted by molar-refractivity contribution is -0.167. The third-order valence-corrected chi connectivity index (χ3v) is 15.1. The Balaban J connectivity index is 3.99. The molecule has 1 unspecified atom stereocenters. The van der Waals surface area contributed by atoms with Gasteiger partial charge < -0.3 is 14.2 Å². The summed E-state index contributed by atoms with van der Waals surface area (Å²) in [7, 11) is 0. The Bertz CT molecular complexity index is 1060. The molecule has 0 rings (SSSR count). The molecular formula is C65H126O6. The van der Waals surface area contributed by atoms with Crippen LogP contribution in [0.15, 0.2) is 0 Å². The zero-order chi connectivity index (χ0) is 51.4. The molecule has 0 heterocycles. The van der Waals surface area contributed by atoms with Crippen LogP contribution in [0.25, 0.3) is 0 Å². The number of carbonyl (C=O) groups excluding carboxylic acids is 3. The van der Waals surface area contributed by atoms with Gasteiger partial charge in [0.05, 0.1) is 0 Å². The summed E-state index contributed by atoms with van der Waals surface area (Å²) < 4.78 is 16.9. The molecule has 71 heavy (non-hydrogen) atoms. The summed E-state index contributed by atoms with van der Waals surface area (Å²) in [5, 5.41) is 0. The van der Waals surface area contributed by atoms with Crippen molar-refractivity contribution in [3.63, 3.8) is 0 Å². The van der Waals surface area contributed by atoms with Gasteiger partial charge in [0.25, 0.3) is 0 Å². The van der Waals surface area contributed by atoms with Gasteiger partial charge in [0.1, 0.15) is 13.2 Å². The van der Waals surface area contributed by atoms with Crippen molar-refractivity contribution in [1.29, 1.82) is 0 Å². The van der Waals surface area contributed by atoms with E-state index in [0.717, 1.165) is 57.8 Å². The van der Waals surface area contributed by atoms with E-state index in [1.54, 1.807) is 0 Å². The second-order valence-corrected chi connectivity index (χ2v) is 22.4. The summed E-state index contributed by atoms with van der Waals surface area (Å²) in [6, 6.07) is 0. The number of hydrogen-bond acceptors (Lipinski definition) is 6. The maximum atomic E-state index is 12.8. The maximum Gasteiger partial charge on any atom is 0.306 e. The third-order valence-electron chi connectivity index (χ3n) is 15.1. The fourth-order valence-electron chi connectivity index (χ4n) is 10.2. The first-order chi connectivity index (χ1) is 35.0. The zero-order valence-corrected chi connectivity index (χ0v) is 48.5. The van der Waals surface area contributed by atoms with Gasteiger partial charge in [-0.3, -0.25) is 14.4 Å². The summed E-state index contributed by atoms with van der Waals surface area (Å²) in [6.45, 7) is 6.69. The Hall–Kier alpha value is -1.59. The highest BCUT2D eigenvalue weighted by molar-refractivity contribution is 5.71. The van der Waals surface area contributed by atoms with Crippen LogP contribution in [0.3, 0.4) is 0 Å². The molecule has 0 saturated heterocycles. The molecule has 0 aliphatic carbocycles. The van der Waals surface area contributed by atoms with Crippen LogP contribution in [0.2, 0.25) is 0 Å². The second-order valence-electron chi connectivity index (χ2n) is 22.4.